The lowest BCUT2D eigenvalue weighted by atomic mass is 9.98. The summed E-state index contributed by atoms with van der Waals surface area (Å²) < 4.78 is 0. The van der Waals surface area contributed by atoms with E-state index in [-0.39, 0.29) is 12.0 Å². The molecule has 6 heteroatoms. The molecule has 0 bridgehead atoms. The average molecular weight is 257 g/mol. The minimum absolute atomic E-state index is 0.0212. The van der Waals surface area contributed by atoms with Crippen LogP contribution in [0, 0.1) is 0 Å². The first-order chi connectivity index (χ1) is 7.84. The summed E-state index contributed by atoms with van der Waals surface area (Å²) in [6, 6.07) is 0. The summed E-state index contributed by atoms with van der Waals surface area (Å²) in [5.74, 6) is -0.842. The van der Waals surface area contributed by atoms with Crippen molar-refractivity contribution in [2.45, 2.75) is 39.5 Å². The fourth-order valence-electron chi connectivity index (χ4n) is 1.32. The zero-order chi connectivity index (χ0) is 13.1. The van der Waals surface area contributed by atoms with Gasteiger partial charge in [-0.1, -0.05) is 39.0 Å². The summed E-state index contributed by atoms with van der Waals surface area (Å²) >= 11 is 1.47. The van der Waals surface area contributed by atoms with Crippen LogP contribution in [0.3, 0.4) is 0 Å². The molecule has 1 N–H and O–H groups in total. The number of rotatable bonds is 5. The molecular formula is C11H19N3O2S. The number of carboxylic acids is 1. The van der Waals surface area contributed by atoms with E-state index in [1.807, 2.05) is 6.92 Å². The van der Waals surface area contributed by atoms with Gasteiger partial charge in [-0.05, 0) is 6.42 Å². The quantitative estimate of drug-likeness (QED) is 0.875. The predicted octanol–water partition coefficient (Wildman–Crippen LogP) is 2.14. The van der Waals surface area contributed by atoms with Gasteiger partial charge in [0.15, 0.2) is 0 Å². The molecule has 0 aliphatic carbocycles. The van der Waals surface area contributed by atoms with Gasteiger partial charge in [-0.15, -0.1) is 10.2 Å². The van der Waals surface area contributed by atoms with Gasteiger partial charge in [0.2, 0.25) is 5.13 Å². The molecule has 0 radical (unpaired) electrons. The Morgan fingerprint density at radius 2 is 2.06 bits per heavy atom. The molecule has 0 unspecified atom stereocenters. The third-order valence-electron chi connectivity index (χ3n) is 2.15. The number of carbonyl (C=O) groups is 1. The Morgan fingerprint density at radius 1 is 1.41 bits per heavy atom. The molecule has 0 saturated carbocycles. The van der Waals surface area contributed by atoms with Crippen LogP contribution in [0.2, 0.25) is 0 Å². The van der Waals surface area contributed by atoms with Gasteiger partial charge in [-0.3, -0.25) is 4.79 Å². The lowest BCUT2D eigenvalue weighted by Gasteiger charge is -2.18. The van der Waals surface area contributed by atoms with E-state index in [1.165, 1.54) is 11.3 Å². The van der Waals surface area contributed by atoms with Gasteiger partial charge in [-0.25, -0.2) is 0 Å². The zero-order valence-corrected chi connectivity index (χ0v) is 11.5. The second-order valence-electron chi connectivity index (χ2n) is 4.96. The molecule has 0 amide bonds. The van der Waals surface area contributed by atoms with Gasteiger partial charge >= 0.3 is 5.97 Å². The number of hydrogen-bond donors (Lipinski definition) is 1. The van der Waals surface area contributed by atoms with Gasteiger partial charge in [-0.2, -0.15) is 0 Å². The Bertz CT molecular complexity index is 384. The Labute approximate surface area is 105 Å². The summed E-state index contributed by atoms with van der Waals surface area (Å²) in [5, 5.41) is 18.7. The monoisotopic (exact) mass is 257 g/mol. The average Bonchev–Trinajstić information content (AvgIpc) is 2.64. The van der Waals surface area contributed by atoms with Crippen LogP contribution in [0.4, 0.5) is 5.13 Å². The highest BCUT2D eigenvalue weighted by Crippen LogP contribution is 2.29. The van der Waals surface area contributed by atoms with Crippen molar-refractivity contribution in [2.75, 3.05) is 18.0 Å². The van der Waals surface area contributed by atoms with Crippen molar-refractivity contribution in [2.24, 2.45) is 0 Å². The molecular weight excluding hydrogens is 238 g/mol. The van der Waals surface area contributed by atoms with Crippen LogP contribution in [-0.4, -0.2) is 34.4 Å². The van der Waals surface area contributed by atoms with Crippen molar-refractivity contribution < 1.29 is 9.90 Å². The third kappa shape index (κ3) is 3.96. The van der Waals surface area contributed by atoms with Crippen LogP contribution in [0.25, 0.3) is 0 Å². The topological polar surface area (TPSA) is 66.3 Å². The van der Waals surface area contributed by atoms with Gasteiger partial charge < -0.3 is 10.0 Å². The number of aromatic nitrogens is 2. The van der Waals surface area contributed by atoms with Crippen molar-refractivity contribution >= 4 is 22.4 Å². The molecule has 1 aromatic heterocycles. The predicted molar refractivity (Wildman–Crippen MR) is 68.7 cm³/mol. The van der Waals surface area contributed by atoms with Crippen molar-refractivity contribution in [3.8, 4) is 0 Å². The molecule has 0 aromatic carbocycles. The highest BCUT2D eigenvalue weighted by Gasteiger charge is 2.22. The van der Waals surface area contributed by atoms with Gasteiger partial charge in [0.25, 0.3) is 0 Å². The van der Waals surface area contributed by atoms with Crippen molar-refractivity contribution in [1.29, 1.82) is 0 Å². The van der Waals surface area contributed by atoms with Gasteiger partial charge in [0, 0.05) is 12.0 Å². The molecule has 5 nitrogen and oxygen atoms in total. The van der Waals surface area contributed by atoms with E-state index in [1.54, 1.807) is 4.90 Å². The van der Waals surface area contributed by atoms with Crippen molar-refractivity contribution in [3.63, 3.8) is 0 Å². The van der Waals surface area contributed by atoms with E-state index in [4.69, 9.17) is 5.11 Å². The van der Waals surface area contributed by atoms with Crippen LogP contribution < -0.4 is 4.90 Å². The first-order valence-corrected chi connectivity index (χ1v) is 6.47. The number of carboxylic acid groups (broad SMARTS) is 1. The van der Waals surface area contributed by atoms with Crippen LogP contribution in [0.1, 0.15) is 39.1 Å². The molecule has 0 saturated heterocycles. The Morgan fingerprint density at radius 3 is 2.47 bits per heavy atom. The molecule has 1 heterocycles. The lowest BCUT2D eigenvalue weighted by Crippen LogP contribution is -2.30. The molecule has 0 aliphatic rings. The summed E-state index contributed by atoms with van der Waals surface area (Å²) in [7, 11) is 0. The minimum Gasteiger partial charge on any atom is -0.480 e. The van der Waals surface area contributed by atoms with Crippen LogP contribution in [0.15, 0.2) is 0 Å². The fraction of sp³-hybridized carbons (Fsp3) is 0.727. The minimum atomic E-state index is -0.842. The second kappa shape index (κ2) is 5.44. The molecule has 0 atom stereocenters. The highest BCUT2D eigenvalue weighted by atomic mass is 32.1. The first kappa shape index (κ1) is 13.9. The van der Waals surface area contributed by atoms with Gasteiger partial charge in [0.05, 0.1) is 0 Å². The summed E-state index contributed by atoms with van der Waals surface area (Å²) in [4.78, 5) is 12.5. The largest absolute Gasteiger partial charge is 0.480 e. The van der Waals surface area contributed by atoms with E-state index in [9.17, 15) is 4.79 Å². The maximum atomic E-state index is 10.8. The van der Waals surface area contributed by atoms with Crippen molar-refractivity contribution in [3.05, 3.63) is 5.01 Å². The molecule has 1 aromatic rings. The standard InChI is InChI=1S/C11H19N3O2S/c1-5-6-14(7-8(15)16)10-13-12-9(17-10)11(2,3)4/h5-7H2,1-4H3,(H,15,16). The number of aliphatic carboxylic acids is 1. The third-order valence-corrected chi connectivity index (χ3v) is 3.56. The van der Waals surface area contributed by atoms with E-state index < -0.39 is 5.97 Å². The Hall–Kier alpha value is -1.17. The number of anilines is 1. The molecule has 0 aliphatic heterocycles. The Balaban J connectivity index is 2.87. The van der Waals surface area contributed by atoms with Crippen molar-refractivity contribution in [1.82, 2.24) is 10.2 Å². The molecule has 0 fully saturated rings. The number of nitrogens with zero attached hydrogens (tertiary/aromatic N) is 3. The highest BCUT2D eigenvalue weighted by molar-refractivity contribution is 7.15. The van der Waals surface area contributed by atoms with E-state index in [0.29, 0.717) is 11.7 Å². The molecule has 1 rings (SSSR count). The molecule has 0 spiro atoms. The smallest absolute Gasteiger partial charge is 0.323 e. The fourth-order valence-corrected chi connectivity index (χ4v) is 2.25. The van der Waals surface area contributed by atoms with Crippen LogP contribution >= 0.6 is 11.3 Å². The lowest BCUT2D eigenvalue weighted by molar-refractivity contribution is -0.135. The normalized spacial score (nSPS) is 11.5. The van der Waals surface area contributed by atoms with Gasteiger partial charge in [0.1, 0.15) is 11.6 Å². The van der Waals surface area contributed by atoms with E-state index in [0.717, 1.165) is 11.4 Å². The molecule has 96 valence electrons. The second-order valence-corrected chi connectivity index (χ2v) is 5.91. The summed E-state index contributed by atoms with van der Waals surface area (Å²) in [6.07, 6.45) is 0.887. The van der Waals surface area contributed by atoms with E-state index >= 15 is 0 Å². The maximum absolute atomic E-state index is 10.8. The van der Waals surface area contributed by atoms with Crippen LogP contribution in [0.5, 0.6) is 0 Å². The zero-order valence-electron chi connectivity index (χ0n) is 10.7. The summed E-state index contributed by atoms with van der Waals surface area (Å²) in [5.41, 5.74) is -0.0446. The van der Waals surface area contributed by atoms with E-state index in [2.05, 4.69) is 31.0 Å². The first-order valence-electron chi connectivity index (χ1n) is 5.65. The maximum Gasteiger partial charge on any atom is 0.323 e. The number of hydrogen-bond acceptors (Lipinski definition) is 5. The SMILES string of the molecule is CCCN(CC(=O)O)c1nnc(C(C)(C)C)s1. The molecule has 17 heavy (non-hydrogen) atoms. The Kier molecular flexibility index (Phi) is 4.45. The summed E-state index contributed by atoms with van der Waals surface area (Å²) in [6.45, 7) is 8.88. The van der Waals surface area contributed by atoms with Crippen LogP contribution in [-0.2, 0) is 10.2 Å².